The lowest BCUT2D eigenvalue weighted by Crippen LogP contribution is -2.41. The lowest BCUT2D eigenvalue weighted by atomic mass is 9.91. The lowest BCUT2D eigenvalue weighted by Gasteiger charge is -2.35. The van der Waals surface area contributed by atoms with Gasteiger partial charge in [-0.2, -0.15) is 0 Å². The fourth-order valence-electron chi connectivity index (χ4n) is 2.34. The fourth-order valence-corrected chi connectivity index (χ4v) is 2.34. The molecule has 0 spiro atoms. The monoisotopic (exact) mass is 246 g/mol. The summed E-state index contributed by atoms with van der Waals surface area (Å²) in [4.78, 5) is 14.4. The highest BCUT2D eigenvalue weighted by Gasteiger charge is 2.27. The Kier molecular flexibility index (Phi) is 4.37. The summed E-state index contributed by atoms with van der Waals surface area (Å²) in [6.45, 7) is 0.900. The third-order valence-corrected chi connectivity index (χ3v) is 3.83. The summed E-state index contributed by atoms with van der Waals surface area (Å²) in [6, 6.07) is 8.41. The normalized spacial score (nSPS) is 15.2. The summed E-state index contributed by atoms with van der Waals surface area (Å²) in [6.07, 6.45) is 4.46. The average Bonchev–Trinajstić information content (AvgIpc) is 2.33. The molecule has 2 rings (SSSR count). The molecule has 98 valence electrons. The molecular formula is C15H22N2O. The molecule has 1 aromatic rings. The van der Waals surface area contributed by atoms with E-state index >= 15 is 0 Å². The smallest absolute Gasteiger partial charge is 0.254 e. The molecule has 1 aromatic carbocycles. The second-order valence-electron chi connectivity index (χ2n) is 5.01. The van der Waals surface area contributed by atoms with Crippen LogP contribution < -0.4 is 5.32 Å². The van der Waals surface area contributed by atoms with E-state index in [1.807, 2.05) is 37.2 Å². The van der Waals surface area contributed by atoms with Crippen LogP contribution in [0.4, 0.5) is 0 Å². The highest BCUT2D eigenvalue weighted by Crippen LogP contribution is 2.25. The first-order chi connectivity index (χ1) is 8.74. The number of carbonyl (C=O) groups excluding carboxylic acids is 1. The molecule has 0 radical (unpaired) electrons. The SMILES string of the molecule is CNCCc1ccccc1C(=O)N(C)C1CCC1. The minimum Gasteiger partial charge on any atom is -0.339 e. The van der Waals surface area contributed by atoms with Crippen LogP contribution in [0.2, 0.25) is 0 Å². The van der Waals surface area contributed by atoms with Gasteiger partial charge in [0.1, 0.15) is 0 Å². The van der Waals surface area contributed by atoms with Crippen molar-refractivity contribution in [3.05, 3.63) is 35.4 Å². The Morgan fingerprint density at radius 3 is 2.72 bits per heavy atom. The van der Waals surface area contributed by atoms with Gasteiger partial charge in [0.15, 0.2) is 0 Å². The Balaban J connectivity index is 2.12. The molecule has 1 saturated carbocycles. The first-order valence-electron chi connectivity index (χ1n) is 6.73. The van der Waals surface area contributed by atoms with Crippen LogP contribution in [0.25, 0.3) is 0 Å². The highest BCUT2D eigenvalue weighted by atomic mass is 16.2. The second-order valence-corrected chi connectivity index (χ2v) is 5.01. The minimum atomic E-state index is 0.173. The van der Waals surface area contributed by atoms with Crippen molar-refractivity contribution < 1.29 is 4.79 Å². The maximum absolute atomic E-state index is 12.5. The van der Waals surface area contributed by atoms with E-state index in [2.05, 4.69) is 11.4 Å². The van der Waals surface area contributed by atoms with Gasteiger partial charge in [-0.05, 0) is 50.9 Å². The van der Waals surface area contributed by atoms with Crippen molar-refractivity contribution in [2.75, 3.05) is 20.6 Å². The van der Waals surface area contributed by atoms with Crippen LogP contribution in [0.3, 0.4) is 0 Å². The number of carbonyl (C=O) groups is 1. The molecule has 0 aliphatic heterocycles. The Morgan fingerprint density at radius 2 is 2.11 bits per heavy atom. The summed E-state index contributed by atoms with van der Waals surface area (Å²) < 4.78 is 0. The van der Waals surface area contributed by atoms with Gasteiger partial charge in [-0.3, -0.25) is 4.79 Å². The molecule has 3 heteroatoms. The van der Waals surface area contributed by atoms with Crippen LogP contribution >= 0.6 is 0 Å². The molecule has 1 fully saturated rings. The summed E-state index contributed by atoms with van der Waals surface area (Å²) >= 11 is 0. The summed E-state index contributed by atoms with van der Waals surface area (Å²) in [5.74, 6) is 0.173. The zero-order valence-corrected chi connectivity index (χ0v) is 11.3. The number of rotatable bonds is 5. The van der Waals surface area contributed by atoms with Crippen LogP contribution in [0.1, 0.15) is 35.2 Å². The number of amides is 1. The van der Waals surface area contributed by atoms with E-state index in [1.165, 1.54) is 6.42 Å². The summed E-state index contributed by atoms with van der Waals surface area (Å²) in [7, 11) is 3.87. The molecule has 0 saturated heterocycles. The summed E-state index contributed by atoms with van der Waals surface area (Å²) in [5.41, 5.74) is 2.00. The lowest BCUT2D eigenvalue weighted by molar-refractivity contribution is 0.0651. The Morgan fingerprint density at radius 1 is 1.39 bits per heavy atom. The van der Waals surface area contributed by atoms with Gasteiger partial charge in [-0.1, -0.05) is 18.2 Å². The molecule has 1 amide bonds. The van der Waals surface area contributed by atoms with Crippen molar-refractivity contribution in [3.63, 3.8) is 0 Å². The molecule has 1 aliphatic carbocycles. The van der Waals surface area contributed by atoms with Gasteiger partial charge in [-0.25, -0.2) is 0 Å². The van der Waals surface area contributed by atoms with E-state index in [9.17, 15) is 4.79 Å². The molecule has 0 bridgehead atoms. The van der Waals surface area contributed by atoms with E-state index in [0.29, 0.717) is 6.04 Å². The largest absolute Gasteiger partial charge is 0.339 e. The second kappa shape index (κ2) is 6.01. The highest BCUT2D eigenvalue weighted by molar-refractivity contribution is 5.95. The van der Waals surface area contributed by atoms with Crippen molar-refractivity contribution in [1.82, 2.24) is 10.2 Å². The first kappa shape index (κ1) is 13.1. The minimum absolute atomic E-state index is 0.173. The number of hydrogen-bond acceptors (Lipinski definition) is 2. The van der Waals surface area contributed by atoms with Gasteiger partial charge < -0.3 is 10.2 Å². The van der Waals surface area contributed by atoms with Crippen molar-refractivity contribution in [1.29, 1.82) is 0 Å². The zero-order valence-electron chi connectivity index (χ0n) is 11.3. The molecule has 3 nitrogen and oxygen atoms in total. The molecule has 1 N–H and O–H groups in total. The van der Waals surface area contributed by atoms with Crippen LogP contribution in [-0.4, -0.2) is 37.5 Å². The predicted molar refractivity (Wildman–Crippen MR) is 73.8 cm³/mol. The summed E-state index contributed by atoms with van der Waals surface area (Å²) in [5, 5.41) is 3.13. The standard InChI is InChI=1S/C15H22N2O/c1-16-11-10-12-6-3-4-9-14(12)15(18)17(2)13-7-5-8-13/h3-4,6,9,13,16H,5,7-8,10-11H2,1-2H3. The van der Waals surface area contributed by atoms with E-state index in [0.717, 1.165) is 36.9 Å². The number of likely N-dealkylation sites (N-methyl/N-ethyl adjacent to an activating group) is 1. The maximum atomic E-state index is 12.5. The zero-order chi connectivity index (χ0) is 13.0. The molecule has 0 atom stereocenters. The third kappa shape index (κ3) is 2.72. The number of hydrogen-bond donors (Lipinski definition) is 1. The number of benzene rings is 1. The van der Waals surface area contributed by atoms with E-state index in [1.54, 1.807) is 0 Å². The van der Waals surface area contributed by atoms with E-state index in [4.69, 9.17) is 0 Å². The fraction of sp³-hybridized carbons (Fsp3) is 0.533. The molecule has 0 aromatic heterocycles. The van der Waals surface area contributed by atoms with Gasteiger partial charge in [-0.15, -0.1) is 0 Å². The van der Waals surface area contributed by atoms with Gasteiger partial charge in [0.2, 0.25) is 0 Å². The van der Waals surface area contributed by atoms with E-state index < -0.39 is 0 Å². The number of nitrogens with zero attached hydrogens (tertiary/aromatic N) is 1. The van der Waals surface area contributed by atoms with Gasteiger partial charge in [0.05, 0.1) is 0 Å². The Bertz CT molecular complexity index is 413. The average molecular weight is 246 g/mol. The Labute approximate surface area is 109 Å². The molecule has 1 aliphatic rings. The maximum Gasteiger partial charge on any atom is 0.254 e. The van der Waals surface area contributed by atoms with Crippen LogP contribution in [-0.2, 0) is 6.42 Å². The van der Waals surface area contributed by atoms with Crippen molar-refractivity contribution in [3.8, 4) is 0 Å². The molecule has 18 heavy (non-hydrogen) atoms. The first-order valence-corrected chi connectivity index (χ1v) is 6.73. The van der Waals surface area contributed by atoms with Crippen LogP contribution in [0, 0.1) is 0 Å². The quantitative estimate of drug-likeness (QED) is 0.862. The number of nitrogens with one attached hydrogen (secondary N) is 1. The van der Waals surface area contributed by atoms with Crippen LogP contribution in [0.5, 0.6) is 0 Å². The predicted octanol–water partition coefficient (Wildman–Crippen LogP) is 2.07. The van der Waals surface area contributed by atoms with E-state index in [-0.39, 0.29) is 5.91 Å². The van der Waals surface area contributed by atoms with Gasteiger partial charge in [0, 0.05) is 18.7 Å². The van der Waals surface area contributed by atoms with Gasteiger partial charge >= 0.3 is 0 Å². The van der Waals surface area contributed by atoms with Crippen molar-refractivity contribution in [2.45, 2.75) is 31.7 Å². The molecular weight excluding hydrogens is 224 g/mol. The van der Waals surface area contributed by atoms with Crippen molar-refractivity contribution in [2.24, 2.45) is 0 Å². The molecule has 0 unspecified atom stereocenters. The Hall–Kier alpha value is -1.35. The topological polar surface area (TPSA) is 32.3 Å². The van der Waals surface area contributed by atoms with Crippen molar-refractivity contribution >= 4 is 5.91 Å². The third-order valence-electron chi connectivity index (χ3n) is 3.83. The van der Waals surface area contributed by atoms with Gasteiger partial charge in [0.25, 0.3) is 5.91 Å². The van der Waals surface area contributed by atoms with Crippen LogP contribution in [0.15, 0.2) is 24.3 Å². The molecule has 0 heterocycles.